The largest absolute Gasteiger partial charge is 0.347 e. The molecule has 6 atom stereocenters. The Morgan fingerprint density at radius 1 is 1.00 bits per heavy atom. The molecule has 0 radical (unpaired) electrons. The lowest BCUT2D eigenvalue weighted by molar-refractivity contribution is -0.242. The number of carbonyl (C=O) groups is 1. The zero-order valence-corrected chi connectivity index (χ0v) is 14.3. The highest BCUT2D eigenvalue weighted by Crippen LogP contribution is 2.64. The second-order valence-electron chi connectivity index (χ2n) is 8.56. The van der Waals surface area contributed by atoms with Crippen molar-refractivity contribution in [2.75, 3.05) is 13.2 Å². The lowest BCUT2D eigenvalue weighted by Gasteiger charge is -2.55. The number of hydrogen-bond donors (Lipinski definition) is 0. The zero-order valence-electron chi connectivity index (χ0n) is 14.3. The van der Waals surface area contributed by atoms with E-state index in [1.807, 2.05) is 6.92 Å². The van der Waals surface area contributed by atoms with Crippen LogP contribution in [0.2, 0.25) is 0 Å². The molecule has 22 heavy (non-hydrogen) atoms. The van der Waals surface area contributed by atoms with Crippen LogP contribution in [0.1, 0.15) is 59.3 Å². The van der Waals surface area contributed by atoms with Crippen molar-refractivity contribution in [2.45, 2.75) is 65.1 Å². The molecule has 0 amide bonds. The van der Waals surface area contributed by atoms with Crippen molar-refractivity contribution < 1.29 is 14.3 Å². The molecule has 3 nitrogen and oxygen atoms in total. The summed E-state index contributed by atoms with van der Waals surface area (Å²) >= 11 is 0. The molecular formula is C19H30O3. The van der Waals surface area contributed by atoms with E-state index in [2.05, 4.69) is 13.8 Å². The standard InChI is InChI=1S/C19H30O3/c1-12-14-6-8-18(3)16(13(2)20)4-5-17(18)15(14)7-9-19(12)21-10-11-22-19/h12,14-17H,4-11H2,1-3H3/t12-,14-,15-,16-,17+,18-/m1/s1. The summed E-state index contributed by atoms with van der Waals surface area (Å²) in [6.45, 7) is 8.08. The number of carbonyl (C=O) groups excluding carboxylic acids is 1. The molecule has 1 heterocycles. The van der Waals surface area contributed by atoms with E-state index in [1.54, 1.807) is 0 Å². The van der Waals surface area contributed by atoms with Gasteiger partial charge < -0.3 is 9.47 Å². The molecule has 4 rings (SSSR count). The summed E-state index contributed by atoms with van der Waals surface area (Å²) in [5.74, 6) is 3.17. The van der Waals surface area contributed by atoms with Crippen molar-refractivity contribution in [3.63, 3.8) is 0 Å². The molecule has 0 aromatic rings. The van der Waals surface area contributed by atoms with Crippen LogP contribution in [-0.2, 0) is 14.3 Å². The van der Waals surface area contributed by atoms with Crippen molar-refractivity contribution in [3.05, 3.63) is 0 Å². The van der Waals surface area contributed by atoms with Gasteiger partial charge in [0, 0.05) is 18.3 Å². The Morgan fingerprint density at radius 3 is 2.36 bits per heavy atom. The lowest BCUT2D eigenvalue weighted by Crippen LogP contribution is -2.54. The monoisotopic (exact) mass is 306 g/mol. The van der Waals surface area contributed by atoms with Crippen molar-refractivity contribution >= 4 is 5.78 Å². The number of Topliss-reactive ketones (excluding diaryl/α,β-unsaturated/α-hetero) is 1. The Kier molecular flexibility index (Phi) is 3.47. The first-order valence-corrected chi connectivity index (χ1v) is 9.26. The highest BCUT2D eigenvalue weighted by atomic mass is 16.7. The van der Waals surface area contributed by atoms with Crippen LogP contribution in [0.3, 0.4) is 0 Å². The third-order valence-electron chi connectivity index (χ3n) is 7.92. The highest BCUT2D eigenvalue weighted by molar-refractivity contribution is 5.79. The Labute approximate surface area is 134 Å². The van der Waals surface area contributed by atoms with Crippen LogP contribution in [0.4, 0.5) is 0 Å². The summed E-state index contributed by atoms with van der Waals surface area (Å²) in [7, 11) is 0. The molecule has 124 valence electrons. The summed E-state index contributed by atoms with van der Waals surface area (Å²) in [6.07, 6.45) is 7.10. The van der Waals surface area contributed by atoms with Gasteiger partial charge in [0.05, 0.1) is 13.2 Å². The maximum absolute atomic E-state index is 12.1. The number of fused-ring (bicyclic) bond motifs is 3. The fourth-order valence-corrected chi connectivity index (χ4v) is 6.82. The molecule has 3 aliphatic carbocycles. The van der Waals surface area contributed by atoms with Gasteiger partial charge in [-0.15, -0.1) is 0 Å². The van der Waals surface area contributed by atoms with Gasteiger partial charge >= 0.3 is 0 Å². The summed E-state index contributed by atoms with van der Waals surface area (Å²) in [5, 5.41) is 0. The molecule has 0 aromatic carbocycles. The van der Waals surface area contributed by atoms with Crippen LogP contribution < -0.4 is 0 Å². The fourth-order valence-electron chi connectivity index (χ4n) is 6.82. The second kappa shape index (κ2) is 5.04. The van der Waals surface area contributed by atoms with E-state index >= 15 is 0 Å². The van der Waals surface area contributed by atoms with E-state index in [0.29, 0.717) is 17.6 Å². The average molecular weight is 306 g/mol. The molecule has 4 aliphatic rings. The first-order valence-electron chi connectivity index (χ1n) is 9.26. The normalized spacial score (nSPS) is 49.9. The molecule has 0 aromatic heterocycles. The van der Waals surface area contributed by atoms with Crippen molar-refractivity contribution in [2.24, 2.45) is 35.0 Å². The Bertz CT molecular complexity index is 467. The molecule has 0 unspecified atom stereocenters. The minimum Gasteiger partial charge on any atom is -0.347 e. The van der Waals surface area contributed by atoms with Gasteiger partial charge in [-0.3, -0.25) is 4.79 Å². The van der Waals surface area contributed by atoms with Crippen molar-refractivity contribution in [3.8, 4) is 0 Å². The zero-order chi connectivity index (χ0) is 15.5. The van der Waals surface area contributed by atoms with Crippen molar-refractivity contribution in [1.29, 1.82) is 0 Å². The number of hydrogen-bond acceptors (Lipinski definition) is 3. The number of ketones is 1. The van der Waals surface area contributed by atoms with Gasteiger partial charge in [0.2, 0.25) is 0 Å². The third kappa shape index (κ3) is 1.91. The average Bonchev–Trinajstić information content (AvgIpc) is 3.08. The minimum atomic E-state index is -0.284. The maximum atomic E-state index is 12.1. The van der Waals surface area contributed by atoms with E-state index in [4.69, 9.17) is 9.47 Å². The molecule has 4 fully saturated rings. The number of ether oxygens (including phenoxy) is 2. The first-order chi connectivity index (χ1) is 10.5. The van der Waals surface area contributed by atoms with E-state index in [1.165, 1.54) is 25.7 Å². The molecule has 0 bridgehead atoms. The lowest BCUT2D eigenvalue weighted by atomic mass is 9.52. The molecule has 1 spiro atoms. The van der Waals surface area contributed by atoms with Gasteiger partial charge in [-0.05, 0) is 62.2 Å². The highest BCUT2D eigenvalue weighted by Gasteiger charge is 2.60. The van der Waals surface area contributed by atoms with Gasteiger partial charge in [-0.25, -0.2) is 0 Å². The summed E-state index contributed by atoms with van der Waals surface area (Å²) in [6, 6.07) is 0. The quantitative estimate of drug-likeness (QED) is 0.739. The van der Waals surface area contributed by atoms with Crippen LogP contribution >= 0.6 is 0 Å². The van der Waals surface area contributed by atoms with Gasteiger partial charge in [-0.2, -0.15) is 0 Å². The van der Waals surface area contributed by atoms with Crippen molar-refractivity contribution in [1.82, 2.24) is 0 Å². The Balaban J connectivity index is 1.59. The van der Waals surface area contributed by atoms with E-state index < -0.39 is 0 Å². The van der Waals surface area contributed by atoms with E-state index in [0.717, 1.165) is 43.8 Å². The molecule has 3 heteroatoms. The second-order valence-corrected chi connectivity index (χ2v) is 8.56. The number of rotatable bonds is 1. The van der Waals surface area contributed by atoms with E-state index in [9.17, 15) is 4.79 Å². The van der Waals surface area contributed by atoms with Crippen LogP contribution in [0.15, 0.2) is 0 Å². The Morgan fingerprint density at radius 2 is 1.68 bits per heavy atom. The maximum Gasteiger partial charge on any atom is 0.171 e. The van der Waals surface area contributed by atoms with E-state index in [-0.39, 0.29) is 11.2 Å². The predicted octanol–water partition coefficient (Wildman–Crippen LogP) is 3.81. The molecule has 1 saturated heterocycles. The van der Waals surface area contributed by atoms with Crippen LogP contribution in [-0.4, -0.2) is 24.8 Å². The third-order valence-corrected chi connectivity index (χ3v) is 7.92. The SMILES string of the molecule is CC(=O)[C@H]1CC[C@H]2[C@@H]3CCC4(OCCO4)[C@H](C)[C@H]3CC[C@]12C. The molecular weight excluding hydrogens is 276 g/mol. The smallest absolute Gasteiger partial charge is 0.171 e. The predicted molar refractivity (Wildman–Crippen MR) is 84.2 cm³/mol. The summed E-state index contributed by atoms with van der Waals surface area (Å²) in [5.41, 5.74) is 0.259. The van der Waals surface area contributed by atoms with Gasteiger partial charge in [0.25, 0.3) is 0 Å². The van der Waals surface area contributed by atoms with Gasteiger partial charge in [0.1, 0.15) is 5.78 Å². The summed E-state index contributed by atoms with van der Waals surface area (Å²) < 4.78 is 12.1. The van der Waals surface area contributed by atoms with Gasteiger partial charge in [-0.1, -0.05) is 13.8 Å². The summed E-state index contributed by atoms with van der Waals surface area (Å²) in [4.78, 5) is 12.1. The molecule has 3 saturated carbocycles. The van der Waals surface area contributed by atoms with Crippen LogP contribution in [0.5, 0.6) is 0 Å². The Hall–Kier alpha value is -0.410. The first kappa shape index (κ1) is 15.1. The molecule has 0 N–H and O–H groups in total. The van der Waals surface area contributed by atoms with Crippen LogP contribution in [0.25, 0.3) is 0 Å². The topological polar surface area (TPSA) is 35.5 Å². The minimum absolute atomic E-state index is 0.259. The fraction of sp³-hybridized carbons (Fsp3) is 0.947. The van der Waals surface area contributed by atoms with Crippen LogP contribution in [0, 0.1) is 35.0 Å². The molecule has 1 aliphatic heterocycles. The van der Waals surface area contributed by atoms with Gasteiger partial charge in [0.15, 0.2) is 5.79 Å².